The van der Waals surface area contributed by atoms with Gasteiger partial charge in [0.15, 0.2) is 5.65 Å². The van der Waals surface area contributed by atoms with Crippen LogP contribution in [0.3, 0.4) is 0 Å². The maximum Gasteiger partial charge on any atom is 0.410 e. The van der Waals surface area contributed by atoms with Crippen molar-refractivity contribution < 1.29 is 14.5 Å². The van der Waals surface area contributed by atoms with Crippen molar-refractivity contribution in [1.82, 2.24) is 19.5 Å². The summed E-state index contributed by atoms with van der Waals surface area (Å²) in [6.07, 6.45) is 5.33. The summed E-state index contributed by atoms with van der Waals surface area (Å²) in [4.78, 5) is 30.2. The number of carbonyl (C=O) groups is 1. The third-order valence-corrected chi connectivity index (χ3v) is 6.17. The molecule has 3 heterocycles. The van der Waals surface area contributed by atoms with E-state index >= 15 is 0 Å². The van der Waals surface area contributed by atoms with Gasteiger partial charge in [-0.15, -0.1) is 0 Å². The van der Waals surface area contributed by atoms with E-state index in [2.05, 4.69) is 10.1 Å². The fourth-order valence-electron chi connectivity index (χ4n) is 4.68. The molecule has 1 aliphatic heterocycles. The number of benzene rings is 1. The molecule has 9 nitrogen and oxygen atoms in total. The average molecular weight is 466 g/mol. The lowest BCUT2D eigenvalue weighted by molar-refractivity contribution is -0.385. The Kier molecular flexibility index (Phi) is 6.29. The normalized spacial score (nSPS) is 16.6. The number of aromatic nitrogens is 3. The van der Waals surface area contributed by atoms with Crippen molar-refractivity contribution in [2.24, 2.45) is 5.92 Å². The summed E-state index contributed by atoms with van der Waals surface area (Å²) in [6.45, 7) is 10.7. The van der Waals surface area contributed by atoms with Crippen LogP contribution in [0.2, 0.25) is 0 Å². The van der Waals surface area contributed by atoms with Gasteiger partial charge in [-0.25, -0.2) is 14.3 Å². The number of hydrogen-bond acceptors (Lipinski definition) is 6. The van der Waals surface area contributed by atoms with Crippen LogP contribution in [0, 0.1) is 29.9 Å². The number of aryl methyl sites for hydroxylation is 2. The molecule has 1 amide bonds. The number of nitrogens with zero attached hydrogens (tertiary/aromatic N) is 5. The third kappa shape index (κ3) is 5.03. The number of hydrogen-bond donors (Lipinski definition) is 0. The Balaban J connectivity index is 1.61. The molecule has 1 aromatic carbocycles. The lowest BCUT2D eigenvalue weighted by Crippen LogP contribution is -2.43. The highest BCUT2D eigenvalue weighted by Gasteiger charge is 2.29. The number of amides is 1. The molecule has 2 aromatic heterocycles. The van der Waals surface area contributed by atoms with Gasteiger partial charge in [0.2, 0.25) is 0 Å². The predicted molar refractivity (Wildman–Crippen MR) is 129 cm³/mol. The molecule has 0 bridgehead atoms. The van der Waals surface area contributed by atoms with Gasteiger partial charge in [0.05, 0.1) is 4.92 Å². The highest BCUT2D eigenvalue weighted by molar-refractivity contribution is 5.73. The van der Waals surface area contributed by atoms with E-state index in [4.69, 9.17) is 4.74 Å². The molecule has 0 N–H and O–H groups in total. The van der Waals surface area contributed by atoms with E-state index in [9.17, 15) is 14.9 Å². The number of fused-ring (bicyclic) bond motifs is 1. The number of pyridine rings is 1. The zero-order valence-corrected chi connectivity index (χ0v) is 20.4. The average Bonchev–Trinajstić information content (AvgIpc) is 3.22. The summed E-state index contributed by atoms with van der Waals surface area (Å²) in [5.74, 6) is 0.138. The molecule has 4 rings (SSSR count). The summed E-state index contributed by atoms with van der Waals surface area (Å²) < 4.78 is 7.21. The highest BCUT2D eigenvalue weighted by Crippen LogP contribution is 2.34. The fraction of sp³-hybridized carbons (Fsp3) is 0.480. The molecule has 180 valence electrons. The number of nitro groups is 1. The number of ether oxygens (including phenoxy) is 1. The summed E-state index contributed by atoms with van der Waals surface area (Å²) in [5.41, 5.74) is 4.58. The summed E-state index contributed by atoms with van der Waals surface area (Å²) >= 11 is 0. The monoisotopic (exact) mass is 465 g/mol. The lowest BCUT2D eigenvalue weighted by atomic mass is 9.88. The van der Waals surface area contributed by atoms with Gasteiger partial charge in [-0.2, -0.15) is 5.10 Å². The molecule has 0 spiro atoms. The minimum Gasteiger partial charge on any atom is -0.444 e. The first kappa shape index (κ1) is 23.7. The molecule has 3 aromatic rings. The van der Waals surface area contributed by atoms with Crippen LogP contribution in [0.5, 0.6) is 0 Å². The van der Waals surface area contributed by atoms with Crippen LogP contribution in [0.4, 0.5) is 10.5 Å². The Hall–Kier alpha value is -3.49. The van der Waals surface area contributed by atoms with Gasteiger partial charge in [-0.1, -0.05) is 0 Å². The molecule has 1 atom stereocenters. The van der Waals surface area contributed by atoms with Gasteiger partial charge < -0.3 is 9.64 Å². The van der Waals surface area contributed by atoms with Gasteiger partial charge in [-0.05, 0) is 88.6 Å². The van der Waals surface area contributed by atoms with Crippen LogP contribution in [0.1, 0.15) is 50.3 Å². The van der Waals surface area contributed by atoms with Gasteiger partial charge in [0, 0.05) is 36.5 Å². The first-order chi connectivity index (χ1) is 16.0. The number of rotatable bonds is 4. The minimum absolute atomic E-state index is 0.103. The molecule has 0 aliphatic carbocycles. The smallest absolute Gasteiger partial charge is 0.410 e. The second kappa shape index (κ2) is 9.04. The van der Waals surface area contributed by atoms with E-state index in [1.165, 1.54) is 6.33 Å². The highest BCUT2D eigenvalue weighted by atomic mass is 16.6. The maximum atomic E-state index is 12.5. The van der Waals surface area contributed by atoms with Gasteiger partial charge >= 0.3 is 6.09 Å². The molecule has 0 saturated carbocycles. The van der Waals surface area contributed by atoms with Crippen molar-refractivity contribution in [3.05, 3.63) is 57.5 Å². The molecule has 0 radical (unpaired) electrons. The van der Waals surface area contributed by atoms with Crippen molar-refractivity contribution >= 4 is 17.4 Å². The zero-order valence-electron chi connectivity index (χ0n) is 20.4. The molecule has 9 heteroatoms. The molecular formula is C25H31N5O4. The molecule has 1 aliphatic rings. The van der Waals surface area contributed by atoms with Gasteiger partial charge in [0.25, 0.3) is 5.69 Å². The van der Waals surface area contributed by atoms with Crippen LogP contribution in [0.15, 0.2) is 30.7 Å². The van der Waals surface area contributed by atoms with Crippen LogP contribution < -0.4 is 0 Å². The van der Waals surface area contributed by atoms with Gasteiger partial charge in [-0.3, -0.25) is 10.1 Å². The third-order valence-electron chi connectivity index (χ3n) is 6.17. The van der Waals surface area contributed by atoms with Crippen LogP contribution >= 0.6 is 0 Å². The summed E-state index contributed by atoms with van der Waals surface area (Å²) in [6, 6.07) is 5.56. The quantitative estimate of drug-likeness (QED) is 0.392. The van der Waals surface area contributed by atoms with E-state index in [-0.39, 0.29) is 22.6 Å². The maximum absolute atomic E-state index is 12.5. The largest absolute Gasteiger partial charge is 0.444 e. The zero-order chi connectivity index (χ0) is 24.6. The Morgan fingerprint density at radius 2 is 2.00 bits per heavy atom. The molecule has 34 heavy (non-hydrogen) atoms. The SMILES string of the molecule is Cc1cc(C[C@H]2CCCN(C(=O)OC(C)(C)C)C2)c([N+](=O)[O-])cc1-c1cc(C)c2ncnn2c1. The Morgan fingerprint density at radius 1 is 1.24 bits per heavy atom. The number of likely N-dealkylation sites (tertiary alicyclic amines) is 1. The van der Waals surface area contributed by atoms with Crippen LogP contribution in [-0.2, 0) is 11.2 Å². The summed E-state index contributed by atoms with van der Waals surface area (Å²) in [5, 5.41) is 16.2. The summed E-state index contributed by atoms with van der Waals surface area (Å²) in [7, 11) is 0. The van der Waals surface area contributed by atoms with Crippen molar-refractivity contribution in [3.63, 3.8) is 0 Å². The van der Waals surface area contributed by atoms with E-state index in [0.29, 0.717) is 25.1 Å². The fourth-order valence-corrected chi connectivity index (χ4v) is 4.68. The topological polar surface area (TPSA) is 103 Å². The van der Waals surface area contributed by atoms with E-state index < -0.39 is 5.60 Å². The second-order valence-electron chi connectivity index (χ2n) is 10.1. The number of nitro benzene ring substituents is 1. The molecule has 0 unspecified atom stereocenters. The second-order valence-corrected chi connectivity index (χ2v) is 10.1. The lowest BCUT2D eigenvalue weighted by Gasteiger charge is -2.34. The van der Waals surface area contributed by atoms with Crippen molar-refractivity contribution in [3.8, 4) is 11.1 Å². The predicted octanol–water partition coefficient (Wildman–Crippen LogP) is 5.11. The molecule has 1 saturated heterocycles. The van der Waals surface area contributed by atoms with Crippen molar-refractivity contribution in [2.45, 2.75) is 59.5 Å². The Labute approximate surface area is 198 Å². The van der Waals surface area contributed by atoms with Crippen LogP contribution in [0.25, 0.3) is 16.8 Å². The minimum atomic E-state index is -0.552. The van der Waals surface area contributed by atoms with Crippen LogP contribution in [-0.4, -0.2) is 49.2 Å². The van der Waals surface area contributed by atoms with Crippen molar-refractivity contribution in [2.75, 3.05) is 13.1 Å². The van der Waals surface area contributed by atoms with E-state index in [1.807, 2.05) is 52.9 Å². The first-order valence-corrected chi connectivity index (χ1v) is 11.6. The van der Waals surface area contributed by atoms with Gasteiger partial charge in [0.1, 0.15) is 11.9 Å². The Morgan fingerprint density at radius 3 is 2.71 bits per heavy atom. The van der Waals surface area contributed by atoms with E-state index in [1.54, 1.807) is 15.5 Å². The number of piperidine rings is 1. The first-order valence-electron chi connectivity index (χ1n) is 11.6. The van der Waals surface area contributed by atoms with E-state index in [0.717, 1.165) is 40.7 Å². The molecular weight excluding hydrogens is 434 g/mol. The standard InChI is InChI=1S/C25H31N5O4/c1-16-9-19(11-18-7-6-8-28(13-18)24(31)34-25(3,4)5)22(30(32)33)12-21(16)20-10-17(2)23-26-15-27-29(23)14-20/h9-10,12,14-15,18H,6-8,11,13H2,1-5H3/t18-/m1/s1. The Bertz CT molecular complexity index is 1240. The van der Waals surface area contributed by atoms with Crippen molar-refractivity contribution in [1.29, 1.82) is 0 Å². The molecule has 1 fully saturated rings. The number of carbonyl (C=O) groups excluding carboxylic acids is 1.